The highest BCUT2D eigenvalue weighted by atomic mass is 14.1. The van der Waals surface area contributed by atoms with Crippen LogP contribution in [-0.2, 0) is 0 Å². The van der Waals surface area contributed by atoms with E-state index in [0.29, 0.717) is 0 Å². The lowest BCUT2D eigenvalue weighted by atomic mass is 9.92. The van der Waals surface area contributed by atoms with Crippen molar-refractivity contribution in [2.24, 2.45) is 11.8 Å². The molecule has 0 aliphatic rings. The Bertz CT molecular complexity index is 128. The van der Waals surface area contributed by atoms with E-state index in [1.807, 2.05) is 13.8 Å². The second-order valence-corrected chi connectivity index (χ2v) is 5.75. The lowest BCUT2D eigenvalue weighted by molar-refractivity contribution is 0.393. The molecule has 0 radical (unpaired) electrons. The van der Waals surface area contributed by atoms with Gasteiger partial charge in [-0.1, -0.05) is 106 Å². The van der Waals surface area contributed by atoms with Gasteiger partial charge in [0, 0.05) is 0 Å². The van der Waals surface area contributed by atoms with Crippen LogP contribution in [0.25, 0.3) is 0 Å². The second-order valence-electron chi connectivity index (χ2n) is 5.75. The second kappa shape index (κ2) is 17.0. The molecule has 0 aromatic heterocycles. The summed E-state index contributed by atoms with van der Waals surface area (Å²) in [6, 6.07) is 0. The van der Waals surface area contributed by atoms with Crippen LogP contribution in [0.1, 0.15) is 106 Å². The Kier molecular flexibility index (Phi) is 19.2. The summed E-state index contributed by atoms with van der Waals surface area (Å²) < 4.78 is 0. The van der Waals surface area contributed by atoms with Gasteiger partial charge in [-0.2, -0.15) is 0 Å². The highest BCUT2D eigenvalue weighted by molar-refractivity contribution is 4.58. The molecular weight excluding hydrogens is 216 g/mol. The molecule has 112 valence electrons. The molecule has 0 N–H and O–H groups in total. The molecule has 0 aromatic carbocycles. The fraction of sp³-hybridized carbons (Fsp3) is 1.00. The number of hydrogen-bond donors (Lipinski definition) is 0. The van der Waals surface area contributed by atoms with Crippen molar-refractivity contribution in [1.29, 1.82) is 0 Å². The Hall–Kier alpha value is 0. The normalized spacial score (nSPS) is 13.7. The first-order chi connectivity index (χ1) is 8.70. The maximum absolute atomic E-state index is 2.44. The third-order valence-corrected chi connectivity index (χ3v) is 3.90. The van der Waals surface area contributed by atoms with Gasteiger partial charge in [-0.15, -0.1) is 0 Å². The summed E-state index contributed by atoms with van der Waals surface area (Å²) in [6.45, 7) is 13.4. The molecule has 0 amide bonds. The van der Waals surface area contributed by atoms with Gasteiger partial charge in [-0.05, 0) is 11.8 Å². The summed E-state index contributed by atoms with van der Waals surface area (Å²) in [5.41, 5.74) is 0. The molecule has 0 heterocycles. The van der Waals surface area contributed by atoms with Crippen LogP contribution in [0.5, 0.6) is 0 Å². The maximum atomic E-state index is 2.44. The van der Waals surface area contributed by atoms with Crippen molar-refractivity contribution in [3.63, 3.8) is 0 Å². The van der Waals surface area contributed by atoms with Crippen LogP contribution < -0.4 is 0 Å². The molecule has 0 bridgehead atoms. The average molecular weight is 257 g/mol. The van der Waals surface area contributed by atoms with E-state index in [2.05, 4.69) is 27.7 Å². The summed E-state index contributed by atoms with van der Waals surface area (Å²) in [7, 11) is 0. The molecule has 0 nitrogen and oxygen atoms in total. The van der Waals surface area contributed by atoms with Crippen molar-refractivity contribution in [2.75, 3.05) is 0 Å². The Balaban J connectivity index is 0. The van der Waals surface area contributed by atoms with Gasteiger partial charge < -0.3 is 0 Å². The van der Waals surface area contributed by atoms with Crippen LogP contribution in [0.2, 0.25) is 0 Å². The molecule has 0 rings (SSSR count). The van der Waals surface area contributed by atoms with Crippen molar-refractivity contribution >= 4 is 0 Å². The maximum Gasteiger partial charge on any atom is -0.0443 e. The molecule has 2 atom stereocenters. The van der Waals surface area contributed by atoms with Crippen molar-refractivity contribution in [1.82, 2.24) is 0 Å². The third-order valence-electron chi connectivity index (χ3n) is 3.90. The van der Waals surface area contributed by atoms with Gasteiger partial charge in [0.2, 0.25) is 0 Å². The van der Waals surface area contributed by atoms with Gasteiger partial charge in [0.05, 0.1) is 0 Å². The topological polar surface area (TPSA) is 0 Å². The minimum absolute atomic E-state index is 0.937. The summed E-state index contributed by atoms with van der Waals surface area (Å²) in [6.07, 6.45) is 14.3. The Morgan fingerprint density at radius 1 is 0.611 bits per heavy atom. The Morgan fingerprint density at radius 3 is 1.67 bits per heavy atom. The minimum Gasteiger partial charge on any atom is -0.0683 e. The van der Waals surface area contributed by atoms with Gasteiger partial charge in [-0.25, -0.2) is 0 Å². The zero-order valence-electron chi connectivity index (χ0n) is 14.2. The van der Waals surface area contributed by atoms with E-state index >= 15 is 0 Å². The monoisotopic (exact) mass is 256 g/mol. The Morgan fingerprint density at radius 2 is 1.11 bits per heavy atom. The molecule has 0 aliphatic carbocycles. The van der Waals surface area contributed by atoms with E-state index in [4.69, 9.17) is 0 Å². The lowest BCUT2D eigenvalue weighted by Crippen LogP contribution is -1.99. The molecule has 0 aromatic rings. The zero-order chi connectivity index (χ0) is 14.2. The largest absolute Gasteiger partial charge is 0.0683 e. The van der Waals surface area contributed by atoms with Gasteiger partial charge in [0.15, 0.2) is 0 Å². The fourth-order valence-corrected chi connectivity index (χ4v) is 2.19. The summed E-state index contributed by atoms with van der Waals surface area (Å²) in [5.74, 6) is 1.90. The molecule has 2 unspecified atom stereocenters. The molecule has 0 heteroatoms. The average Bonchev–Trinajstić information content (AvgIpc) is 2.42. The summed E-state index contributed by atoms with van der Waals surface area (Å²) >= 11 is 0. The van der Waals surface area contributed by atoms with E-state index in [1.165, 1.54) is 64.2 Å². The van der Waals surface area contributed by atoms with E-state index in [0.717, 1.165) is 11.8 Å². The predicted octanol–water partition coefficient (Wildman–Crippen LogP) is 7.23. The number of unbranched alkanes of at least 4 members (excludes halogenated alkanes) is 5. The fourth-order valence-electron chi connectivity index (χ4n) is 2.19. The molecule has 0 saturated carbocycles. The summed E-state index contributed by atoms with van der Waals surface area (Å²) in [5, 5.41) is 0. The Labute approximate surface area is 118 Å². The first-order valence-electron chi connectivity index (χ1n) is 8.70. The van der Waals surface area contributed by atoms with Crippen LogP contribution in [0.3, 0.4) is 0 Å². The van der Waals surface area contributed by atoms with Gasteiger partial charge in [0.1, 0.15) is 0 Å². The van der Waals surface area contributed by atoms with Crippen LogP contribution in [0.4, 0.5) is 0 Å². The smallest absolute Gasteiger partial charge is 0.0443 e. The van der Waals surface area contributed by atoms with Gasteiger partial charge in [-0.3, -0.25) is 0 Å². The van der Waals surface area contributed by atoms with Crippen molar-refractivity contribution < 1.29 is 0 Å². The molecular formula is C18H40. The van der Waals surface area contributed by atoms with Gasteiger partial charge in [0.25, 0.3) is 0 Å². The first kappa shape index (κ1) is 20.3. The lowest BCUT2D eigenvalue weighted by Gasteiger charge is -2.14. The van der Waals surface area contributed by atoms with E-state index in [1.54, 1.807) is 0 Å². The number of hydrogen-bond acceptors (Lipinski definition) is 0. The van der Waals surface area contributed by atoms with Crippen molar-refractivity contribution in [2.45, 2.75) is 106 Å². The highest BCUT2D eigenvalue weighted by Crippen LogP contribution is 2.19. The molecule has 0 aliphatic heterocycles. The van der Waals surface area contributed by atoms with Crippen molar-refractivity contribution in [3.05, 3.63) is 0 Å². The van der Waals surface area contributed by atoms with E-state index in [9.17, 15) is 0 Å². The van der Waals surface area contributed by atoms with Crippen LogP contribution in [0.15, 0.2) is 0 Å². The van der Waals surface area contributed by atoms with E-state index < -0.39 is 0 Å². The van der Waals surface area contributed by atoms with Crippen LogP contribution >= 0.6 is 0 Å². The molecule has 18 heavy (non-hydrogen) atoms. The number of rotatable bonds is 11. The molecule has 0 spiro atoms. The first-order valence-corrected chi connectivity index (χ1v) is 8.70. The van der Waals surface area contributed by atoms with Crippen LogP contribution in [0, 0.1) is 11.8 Å². The third kappa shape index (κ3) is 16.0. The summed E-state index contributed by atoms with van der Waals surface area (Å²) in [4.78, 5) is 0. The van der Waals surface area contributed by atoms with Crippen LogP contribution in [-0.4, -0.2) is 0 Å². The quantitative estimate of drug-likeness (QED) is 0.342. The van der Waals surface area contributed by atoms with Gasteiger partial charge >= 0.3 is 0 Å². The molecule has 0 fully saturated rings. The minimum atomic E-state index is 0.937. The van der Waals surface area contributed by atoms with Crippen molar-refractivity contribution in [3.8, 4) is 0 Å². The SMILES string of the molecule is CC.CCCCCCCCC(C)CCC(C)CC. The van der Waals surface area contributed by atoms with E-state index in [-0.39, 0.29) is 0 Å². The zero-order valence-corrected chi connectivity index (χ0v) is 14.2. The highest BCUT2D eigenvalue weighted by Gasteiger charge is 2.05. The molecule has 0 saturated heterocycles. The predicted molar refractivity (Wildman–Crippen MR) is 87.2 cm³/mol. The standard InChI is InChI=1S/C16H34.C2H6/c1-5-7-8-9-10-11-12-16(4)14-13-15(3)6-2;1-2/h15-16H,5-14H2,1-4H3;1-2H3.